The van der Waals surface area contributed by atoms with Crippen LogP contribution in [0.3, 0.4) is 0 Å². The number of ketones is 1. The SMILES string of the molecule is CN(CC(C)(C)C)C(=O)COCC(=O)C(C)(C)C. The van der Waals surface area contributed by atoms with Gasteiger partial charge in [-0.25, -0.2) is 0 Å². The lowest BCUT2D eigenvalue weighted by Gasteiger charge is -2.26. The zero-order chi connectivity index (χ0) is 14.6. The van der Waals surface area contributed by atoms with Crippen LogP contribution in [-0.4, -0.2) is 43.4 Å². The fourth-order valence-corrected chi connectivity index (χ4v) is 1.36. The van der Waals surface area contributed by atoms with E-state index in [1.165, 1.54) is 0 Å². The molecule has 0 rings (SSSR count). The van der Waals surface area contributed by atoms with Gasteiger partial charge in [-0.2, -0.15) is 0 Å². The Hall–Kier alpha value is -0.900. The van der Waals surface area contributed by atoms with E-state index in [1.807, 2.05) is 20.8 Å². The summed E-state index contributed by atoms with van der Waals surface area (Å²) in [6.07, 6.45) is 0. The van der Waals surface area contributed by atoms with E-state index in [9.17, 15) is 9.59 Å². The number of rotatable bonds is 5. The topological polar surface area (TPSA) is 46.6 Å². The second-order valence-corrected chi connectivity index (χ2v) is 6.98. The van der Waals surface area contributed by atoms with E-state index in [0.717, 1.165) is 0 Å². The third-order valence-electron chi connectivity index (χ3n) is 2.43. The van der Waals surface area contributed by atoms with E-state index in [4.69, 9.17) is 4.74 Å². The van der Waals surface area contributed by atoms with E-state index in [2.05, 4.69) is 20.8 Å². The maximum Gasteiger partial charge on any atom is 0.248 e. The highest BCUT2D eigenvalue weighted by atomic mass is 16.5. The van der Waals surface area contributed by atoms with E-state index in [-0.39, 0.29) is 30.3 Å². The molecule has 1 amide bonds. The summed E-state index contributed by atoms with van der Waals surface area (Å²) in [7, 11) is 1.75. The Bertz CT molecular complexity index is 297. The van der Waals surface area contributed by atoms with Crippen LogP contribution in [0.25, 0.3) is 0 Å². The minimum absolute atomic E-state index is 0.00139. The number of amides is 1. The largest absolute Gasteiger partial charge is 0.364 e. The second-order valence-electron chi connectivity index (χ2n) is 6.98. The standard InChI is InChI=1S/C14H27NO3/c1-13(2,3)10-15(7)12(17)9-18-8-11(16)14(4,5)6/h8-10H2,1-7H3. The molecule has 0 aliphatic heterocycles. The number of hydrogen-bond donors (Lipinski definition) is 0. The monoisotopic (exact) mass is 257 g/mol. The van der Waals surface area contributed by atoms with Crippen LogP contribution >= 0.6 is 0 Å². The van der Waals surface area contributed by atoms with Gasteiger partial charge in [-0.15, -0.1) is 0 Å². The molecule has 0 saturated carbocycles. The van der Waals surface area contributed by atoms with Crippen LogP contribution in [0.15, 0.2) is 0 Å². The molecule has 0 aromatic heterocycles. The normalized spacial score (nSPS) is 12.4. The molecule has 0 aromatic carbocycles. The predicted molar refractivity (Wildman–Crippen MR) is 72.4 cm³/mol. The van der Waals surface area contributed by atoms with E-state index in [1.54, 1.807) is 11.9 Å². The number of carbonyl (C=O) groups excluding carboxylic acids is 2. The smallest absolute Gasteiger partial charge is 0.248 e. The van der Waals surface area contributed by atoms with Gasteiger partial charge in [-0.3, -0.25) is 9.59 Å². The van der Waals surface area contributed by atoms with Crippen molar-refractivity contribution >= 4 is 11.7 Å². The number of carbonyl (C=O) groups is 2. The predicted octanol–water partition coefficient (Wildman–Crippen LogP) is 2.12. The molecule has 106 valence electrons. The van der Waals surface area contributed by atoms with Crippen molar-refractivity contribution in [3.05, 3.63) is 0 Å². The summed E-state index contributed by atoms with van der Waals surface area (Å²) < 4.78 is 5.18. The van der Waals surface area contributed by atoms with Crippen molar-refractivity contribution in [1.82, 2.24) is 4.90 Å². The number of hydrogen-bond acceptors (Lipinski definition) is 3. The summed E-state index contributed by atoms with van der Waals surface area (Å²) in [6, 6.07) is 0. The van der Waals surface area contributed by atoms with Gasteiger partial charge in [0.2, 0.25) is 5.91 Å². The quantitative estimate of drug-likeness (QED) is 0.758. The molecule has 0 aliphatic rings. The average Bonchev–Trinajstić information content (AvgIpc) is 2.12. The van der Waals surface area contributed by atoms with Gasteiger partial charge in [-0.1, -0.05) is 41.5 Å². The molecule has 0 atom stereocenters. The molecule has 0 radical (unpaired) electrons. The minimum Gasteiger partial charge on any atom is -0.364 e. The highest BCUT2D eigenvalue weighted by Gasteiger charge is 2.22. The first-order valence-corrected chi connectivity index (χ1v) is 6.28. The van der Waals surface area contributed by atoms with Gasteiger partial charge in [-0.05, 0) is 5.41 Å². The lowest BCUT2D eigenvalue weighted by molar-refractivity contribution is -0.139. The van der Waals surface area contributed by atoms with Crippen LogP contribution < -0.4 is 0 Å². The zero-order valence-corrected chi connectivity index (χ0v) is 12.8. The molecule has 4 heteroatoms. The number of Topliss-reactive ketones (excluding diaryl/α,β-unsaturated/α-hetero) is 1. The highest BCUT2D eigenvalue weighted by Crippen LogP contribution is 2.15. The molecule has 0 aromatic rings. The Morgan fingerprint density at radius 2 is 1.50 bits per heavy atom. The molecule has 0 fully saturated rings. The molecular formula is C14H27NO3. The molecule has 0 heterocycles. The van der Waals surface area contributed by atoms with E-state index >= 15 is 0 Å². The van der Waals surface area contributed by atoms with Crippen LogP contribution in [0.1, 0.15) is 41.5 Å². The van der Waals surface area contributed by atoms with Crippen molar-refractivity contribution in [3.63, 3.8) is 0 Å². The Labute approximate surface area is 111 Å². The summed E-state index contributed by atoms with van der Waals surface area (Å²) in [5.74, 6) is -0.0830. The molecule has 0 saturated heterocycles. The van der Waals surface area contributed by atoms with Gasteiger partial charge in [0.25, 0.3) is 0 Å². The molecule has 0 spiro atoms. The fraction of sp³-hybridized carbons (Fsp3) is 0.857. The van der Waals surface area contributed by atoms with Crippen LogP contribution in [0, 0.1) is 10.8 Å². The summed E-state index contributed by atoms with van der Waals surface area (Å²) in [6.45, 7) is 12.4. The lowest BCUT2D eigenvalue weighted by atomic mass is 9.91. The molecule has 0 bridgehead atoms. The third kappa shape index (κ3) is 7.43. The van der Waals surface area contributed by atoms with E-state index < -0.39 is 5.41 Å². The number of nitrogens with zero attached hydrogens (tertiary/aromatic N) is 1. The second kappa shape index (κ2) is 6.32. The number of likely N-dealkylation sites (N-methyl/N-ethyl adjacent to an activating group) is 1. The highest BCUT2D eigenvalue weighted by molar-refractivity contribution is 5.85. The van der Waals surface area contributed by atoms with Gasteiger partial charge in [0, 0.05) is 19.0 Å². The Morgan fingerprint density at radius 1 is 1.00 bits per heavy atom. The first kappa shape index (κ1) is 17.1. The van der Waals surface area contributed by atoms with Gasteiger partial charge < -0.3 is 9.64 Å². The summed E-state index contributed by atoms with van der Waals surface area (Å²) in [5, 5.41) is 0. The first-order valence-electron chi connectivity index (χ1n) is 6.28. The Kier molecular flexibility index (Phi) is 6.00. The van der Waals surface area contributed by atoms with Crippen molar-refractivity contribution in [3.8, 4) is 0 Å². The summed E-state index contributed by atoms with van der Waals surface area (Å²) in [5.41, 5.74) is -0.355. The molecule has 18 heavy (non-hydrogen) atoms. The van der Waals surface area contributed by atoms with Gasteiger partial charge in [0.15, 0.2) is 5.78 Å². The molecule has 0 N–H and O–H groups in total. The van der Waals surface area contributed by atoms with E-state index in [0.29, 0.717) is 6.54 Å². The fourth-order valence-electron chi connectivity index (χ4n) is 1.36. The maximum absolute atomic E-state index is 11.7. The first-order chi connectivity index (χ1) is 7.93. The van der Waals surface area contributed by atoms with Crippen molar-refractivity contribution in [2.45, 2.75) is 41.5 Å². The van der Waals surface area contributed by atoms with Crippen molar-refractivity contribution in [2.75, 3.05) is 26.8 Å². The van der Waals surface area contributed by atoms with Gasteiger partial charge in [0.1, 0.15) is 13.2 Å². The lowest BCUT2D eigenvalue weighted by Crippen LogP contribution is -2.37. The molecule has 0 aliphatic carbocycles. The van der Waals surface area contributed by atoms with Crippen molar-refractivity contribution in [2.24, 2.45) is 10.8 Å². The average molecular weight is 257 g/mol. The van der Waals surface area contributed by atoms with Gasteiger partial charge >= 0.3 is 0 Å². The summed E-state index contributed by atoms with van der Waals surface area (Å²) >= 11 is 0. The van der Waals surface area contributed by atoms with Crippen LogP contribution in [-0.2, 0) is 14.3 Å². The molecular weight excluding hydrogens is 230 g/mol. The molecule has 0 unspecified atom stereocenters. The van der Waals surface area contributed by atoms with Crippen LogP contribution in [0.4, 0.5) is 0 Å². The Morgan fingerprint density at radius 3 is 1.89 bits per heavy atom. The van der Waals surface area contributed by atoms with Crippen LogP contribution in [0.5, 0.6) is 0 Å². The Balaban J connectivity index is 4.02. The zero-order valence-electron chi connectivity index (χ0n) is 12.8. The molecule has 4 nitrogen and oxygen atoms in total. The maximum atomic E-state index is 11.7. The third-order valence-corrected chi connectivity index (χ3v) is 2.43. The number of ether oxygens (including phenoxy) is 1. The van der Waals surface area contributed by atoms with Crippen molar-refractivity contribution in [1.29, 1.82) is 0 Å². The van der Waals surface area contributed by atoms with Crippen molar-refractivity contribution < 1.29 is 14.3 Å². The van der Waals surface area contributed by atoms with Gasteiger partial charge in [0.05, 0.1) is 0 Å². The minimum atomic E-state index is -0.416. The van der Waals surface area contributed by atoms with Crippen LogP contribution in [0.2, 0.25) is 0 Å². The summed E-state index contributed by atoms with van der Waals surface area (Å²) in [4.78, 5) is 25.0.